The Morgan fingerprint density at radius 2 is 1.63 bits per heavy atom. The third-order valence-electron chi connectivity index (χ3n) is 8.89. The van der Waals surface area contributed by atoms with Crippen LogP contribution in [0.15, 0.2) is 89.3 Å². The number of fused-ring (bicyclic) bond motifs is 1. The zero-order chi connectivity index (χ0) is 37.7. The maximum Gasteiger partial charge on any atom is 0.407 e. The lowest BCUT2D eigenvalue weighted by atomic mass is 9.81. The Labute approximate surface area is 301 Å². The minimum absolute atomic E-state index is 0.330. The number of hydrogen-bond acceptors (Lipinski definition) is 9. The van der Waals surface area contributed by atoms with Gasteiger partial charge in [-0.25, -0.2) is 35.8 Å². The van der Waals surface area contributed by atoms with E-state index in [9.17, 15) is 40.4 Å². The first-order valence-electron chi connectivity index (χ1n) is 16.2. The fraction of sp³-hybridized carbons (Fsp3) is 0.371. The average Bonchev–Trinajstić information content (AvgIpc) is 3.59. The number of benzene rings is 3. The van der Waals surface area contributed by atoms with Crippen molar-refractivity contribution < 1.29 is 45.1 Å². The van der Waals surface area contributed by atoms with Crippen LogP contribution in [0.25, 0.3) is 10.2 Å². The van der Waals surface area contributed by atoms with Gasteiger partial charge in [-0.1, -0.05) is 60.7 Å². The first-order chi connectivity index (χ1) is 24.6. The summed E-state index contributed by atoms with van der Waals surface area (Å²) in [6.45, 7) is -1.75. The fourth-order valence-corrected chi connectivity index (χ4v) is 8.73. The summed E-state index contributed by atoms with van der Waals surface area (Å²) in [6, 6.07) is 17.5. The quantitative estimate of drug-likeness (QED) is 0.138. The van der Waals surface area contributed by atoms with Gasteiger partial charge in [-0.3, -0.25) is 14.9 Å². The van der Waals surface area contributed by atoms with Gasteiger partial charge in [0.05, 0.1) is 34.3 Å². The van der Waals surface area contributed by atoms with Crippen molar-refractivity contribution in [3.63, 3.8) is 0 Å². The van der Waals surface area contributed by atoms with Gasteiger partial charge >= 0.3 is 6.09 Å². The van der Waals surface area contributed by atoms with Crippen LogP contribution < -0.4 is 16.4 Å². The molecule has 0 aliphatic heterocycles. The van der Waals surface area contributed by atoms with Crippen molar-refractivity contribution in [2.45, 2.75) is 60.4 Å². The normalized spacial score (nSPS) is 15.9. The molecule has 0 saturated heterocycles. The summed E-state index contributed by atoms with van der Waals surface area (Å²) < 4.78 is 91.8. The first-order valence-corrected chi connectivity index (χ1v) is 18.6. The summed E-state index contributed by atoms with van der Waals surface area (Å²) in [5.41, 5.74) is 8.31. The lowest BCUT2D eigenvalue weighted by molar-refractivity contribution is -0.135. The number of nitrogens with one attached hydrogen (secondary N) is 2. The molecule has 1 aliphatic rings. The van der Waals surface area contributed by atoms with Crippen molar-refractivity contribution in [3.05, 3.63) is 95.5 Å². The minimum atomic E-state index is -4.75. The van der Waals surface area contributed by atoms with Crippen LogP contribution in [0.1, 0.15) is 42.7 Å². The van der Waals surface area contributed by atoms with Crippen molar-refractivity contribution in [1.82, 2.24) is 19.9 Å². The predicted molar refractivity (Wildman–Crippen MR) is 185 cm³/mol. The number of alkyl halides is 4. The van der Waals surface area contributed by atoms with Crippen molar-refractivity contribution in [2.24, 2.45) is 11.7 Å². The van der Waals surface area contributed by atoms with Crippen LogP contribution in [0, 0.1) is 5.92 Å². The van der Waals surface area contributed by atoms with E-state index in [-0.39, 0.29) is 4.90 Å². The highest BCUT2D eigenvalue weighted by Gasteiger charge is 2.49. The molecule has 52 heavy (non-hydrogen) atoms. The Morgan fingerprint density at radius 1 is 1.02 bits per heavy atom. The number of thiazole rings is 1. The Kier molecular flexibility index (Phi) is 12.0. The van der Waals surface area contributed by atoms with E-state index in [2.05, 4.69) is 15.6 Å². The zero-order valence-electron chi connectivity index (χ0n) is 27.9. The van der Waals surface area contributed by atoms with E-state index in [0.29, 0.717) is 25.6 Å². The third-order valence-corrected chi connectivity index (χ3v) is 11.6. The van der Waals surface area contributed by atoms with Gasteiger partial charge in [0.1, 0.15) is 12.1 Å². The lowest BCUT2D eigenvalue weighted by Crippen LogP contribution is -2.58. The molecule has 17 heteroatoms. The maximum atomic E-state index is 14.6. The third kappa shape index (κ3) is 9.12. The number of rotatable bonds is 15. The fourth-order valence-electron chi connectivity index (χ4n) is 6.22. The molecule has 1 saturated carbocycles. The van der Waals surface area contributed by atoms with E-state index >= 15 is 0 Å². The lowest BCUT2D eigenvalue weighted by Gasteiger charge is -2.40. The molecule has 0 unspecified atom stereocenters. The summed E-state index contributed by atoms with van der Waals surface area (Å²) in [4.78, 5) is 44.7. The van der Waals surface area contributed by atoms with Crippen molar-refractivity contribution >= 4 is 49.5 Å². The summed E-state index contributed by atoms with van der Waals surface area (Å²) >= 11 is 1.13. The second-order valence-corrected chi connectivity index (χ2v) is 15.3. The number of methoxy groups -OCH3 is 1. The summed E-state index contributed by atoms with van der Waals surface area (Å²) in [5, 5.41) is 4.60. The van der Waals surface area contributed by atoms with E-state index in [4.69, 9.17) is 10.5 Å². The van der Waals surface area contributed by atoms with Crippen LogP contribution in [-0.4, -0.2) is 79.7 Å². The Bertz CT molecular complexity index is 1940. The molecule has 11 nitrogen and oxygen atoms in total. The number of ether oxygens (including phenoxy) is 1. The monoisotopic (exact) mass is 763 g/mol. The number of imide groups is 1. The molecule has 2 atom stereocenters. The molecule has 0 spiro atoms. The summed E-state index contributed by atoms with van der Waals surface area (Å²) in [5.74, 6) is -10.9. The number of nitrogens with two attached hydrogens (primary N) is 1. The molecular weight excluding hydrogens is 727 g/mol. The number of halogens is 4. The molecule has 1 aliphatic carbocycles. The van der Waals surface area contributed by atoms with Crippen LogP contribution >= 0.6 is 11.3 Å². The highest BCUT2D eigenvalue weighted by atomic mass is 32.2. The topological polar surface area (TPSA) is 161 Å². The van der Waals surface area contributed by atoms with Gasteiger partial charge in [0.15, 0.2) is 0 Å². The molecule has 5 rings (SSSR count). The number of aromatic nitrogens is 1. The SMILES string of the molecule is COC(=O)N[C@H](C(=O)NC(=O)[C@H](CCC(F)(F)CN)N(CC1CC(F)(F)C1)S(=O)(=O)c1ccc2ncsc2c1)C(c1ccccc1)c1ccccc1. The van der Waals surface area contributed by atoms with Crippen LogP contribution in [-0.2, 0) is 24.3 Å². The van der Waals surface area contributed by atoms with Crippen molar-refractivity contribution in [2.75, 3.05) is 20.2 Å². The molecule has 1 heterocycles. The van der Waals surface area contributed by atoms with Crippen molar-refractivity contribution in [3.8, 4) is 0 Å². The predicted octanol–water partition coefficient (Wildman–Crippen LogP) is 5.27. The van der Waals surface area contributed by atoms with Crippen LogP contribution in [0.5, 0.6) is 0 Å². The van der Waals surface area contributed by atoms with E-state index in [1.54, 1.807) is 60.7 Å². The summed E-state index contributed by atoms with van der Waals surface area (Å²) in [7, 11) is -3.68. The first kappa shape index (κ1) is 38.8. The maximum absolute atomic E-state index is 14.6. The molecule has 3 amide bonds. The van der Waals surface area contributed by atoms with Gasteiger partial charge in [-0.15, -0.1) is 11.3 Å². The number of alkyl carbamates (subject to hydrolysis) is 1. The second-order valence-electron chi connectivity index (χ2n) is 12.6. The van der Waals surface area contributed by atoms with Crippen molar-refractivity contribution in [1.29, 1.82) is 0 Å². The molecule has 4 N–H and O–H groups in total. The Balaban J connectivity index is 1.55. The van der Waals surface area contributed by atoms with E-state index in [1.165, 1.54) is 23.7 Å². The standard InChI is InChI=1S/C35H37F4N5O6S2/c1-50-33(47)42-30(29(23-8-4-2-5-9-23)24-10-6-3-7-11-24)32(46)43-31(45)27(14-15-34(36,37)20-40)44(19-22-17-35(38,39)18-22)52(48,49)25-12-13-26-28(16-25)51-21-41-26/h2-13,16,21-22,27,29-30H,14-15,17-20,40H2,1H3,(H,42,47)(H,43,45,46)/t27-,30-/m0/s1. The Hall–Kier alpha value is -4.45. The van der Waals surface area contributed by atoms with Gasteiger partial charge < -0.3 is 15.8 Å². The molecule has 0 radical (unpaired) electrons. The van der Waals surface area contributed by atoms with Crippen LogP contribution in [0.4, 0.5) is 22.4 Å². The molecule has 0 bridgehead atoms. The van der Waals surface area contributed by atoms with Gasteiger partial charge in [0.2, 0.25) is 27.8 Å². The number of nitrogens with zero attached hydrogens (tertiary/aromatic N) is 2. The Morgan fingerprint density at radius 3 is 2.19 bits per heavy atom. The highest BCUT2D eigenvalue weighted by molar-refractivity contribution is 7.89. The van der Waals surface area contributed by atoms with Gasteiger partial charge in [-0.05, 0) is 41.7 Å². The molecule has 3 aromatic carbocycles. The number of hydrogen-bond donors (Lipinski definition) is 3. The van der Waals surface area contributed by atoms with Gasteiger partial charge in [-0.2, -0.15) is 4.31 Å². The smallest absolute Gasteiger partial charge is 0.407 e. The van der Waals surface area contributed by atoms with Crippen LogP contribution in [0.3, 0.4) is 0 Å². The highest BCUT2D eigenvalue weighted by Crippen LogP contribution is 2.44. The molecule has 278 valence electrons. The molecule has 1 aromatic heterocycles. The van der Waals surface area contributed by atoms with E-state index < -0.39 is 102 Å². The largest absolute Gasteiger partial charge is 0.453 e. The minimum Gasteiger partial charge on any atom is -0.453 e. The number of carbonyl (C=O) groups is 3. The van der Waals surface area contributed by atoms with E-state index in [1.807, 2.05) is 0 Å². The van der Waals surface area contributed by atoms with Gasteiger partial charge in [0.25, 0.3) is 5.92 Å². The van der Waals surface area contributed by atoms with Gasteiger partial charge in [0, 0.05) is 31.7 Å². The molecular formula is C35H37F4N5O6S2. The van der Waals surface area contributed by atoms with Crippen LogP contribution in [0.2, 0.25) is 0 Å². The average molecular weight is 764 g/mol. The number of sulfonamides is 1. The number of amides is 3. The van der Waals surface area contributed by atoms with E-state index in [0.717, 1.165) is 18.4 Å². The molecule has 4 aromatic rings. The zero-order valence-corrected chi connectivity index (χ0v) is 29.5. The summed E-state index contributed by atoms with van der Waals surface area (Å²) in [6.07, 6.45) is -4.32. The molecule has 1 fully saturated rings. The number of carbonyl (C=O) groups excluding carboxylic acids is 3. The second kappa shape index (κ2) is 16.1.